The highest BCUT2D eigenvalue weighted by molar-refractivity contribution is 7.99. The first-order chi connectivity index (χ1) is 10.7. The molecule has 1 aromatic heterocycles. The Labute approximate surface area is 133 Å². The van der Waals surface area contributed by atoms with Crippen LogP contribution in [-0.2, 0) is 4.79 Å². The van der Waals surface area contributed by atoms with E-state index in [1.165, 1.54) is 36.6 Å². The van der Waals surface area contributed by atoms with E-state index in [2.05, 4.69) is 37.5 Å². The third-order valence-corrected chi connectivity index (χ3v) is 4.56. The van der Waals surface area contributed by atoms with Gasteiger partial charge in [-0.25, -0.2) is 4.98 Å². The number of anilines is 2. The largest absolute Gasteiger partial charge is 0.372 e. The van der Waals surface area contributed by atoms with Crippen molar-refractivity contribution < 1.29 is 4.79 Å². The van der Waals surface area contributed by atoms with Crippen LogP contribution in [0.1, 0.15) is 18.4 Å². The minimum Gasteiger partial charge on any atom is -0.372 e. The van der Waals surface area contributed by atoms with Gasteiger partial charge in [0.15, 0.2) is 5.16 Å². The molecule has 1 aliphatic heterocycles. The maximum absolute atomic E-state index is 12.0. The van der Waals surface area contributed by atoms with E-state index in [1.54, 1.807) is 0 Å². The van der Waals surface area contributed by atoms with Crippen LogP contribution < -0.4 is 10.2 Å². The summed E-state index contributed by atoms with van der Waals surface area (Å²) in [5, 5.41) is 10.1. The summed E-state index contributed by atoms with van der Waals surface area (Å²) in [5.41, 5.74) is 3.19. The Morgan fingerprint density at radius 3 is 2.91 bits per heavy atom. The van der Waals surface area contributed by atoms with Gasteiger partial charge >= 0.3 is 0 Å². The summed E-state index contributed by atoms with van der Waals surface area (Å²) in [5.74, 6) is 0.265. The Morgan fingerprint density at radius 1 is 1.41 bits per heavy atom. The van der Waals surface area contributed by atoms with E-state index in [9.17, 15) is 4.79 Å². The second kappa shape index (κ2) is 6.83. The van der Waals surface area contributed by atoms with Crippen LogP contribution in [0.25, 0.3) is 0 Å². The third-order valence-electron chi connectivity index (χ3n) is 3.69. The molecule has 1 amide bonds. The normalized spacial score (nSPS) is 14.3. The van der Waals surface area contributed by atoms with E-state index >= 15 is 0 Å². The molecule has 3 rings (SSSR count). The molecule has 2 N–H and O–H groups in total. The predicted octanol–water partition coefficient (Wildman–Crippen LogP) is 2.44. The van der Waals surface area contributed by atoms with Gasteiger partial charge in [0, 0.05) is 24.5 Å². The number of thioether (sulfide) groups is 1. The molecule has 1 saturated heterocycles. The van der Waals surface area contributed by atoms with Crippen molar-refractivity contribution in [2.24, 2.45) is 0 Å². The number of rotatable bonds is 5. The monoisotopic (exact) mass is 317 g/mol. The number of H-pyrrole nitrogens is 1. The molecule has 7 heteroatoms. The van der Waals surface area contributed by atoms with E-state index in [4.69, 9.17) is 0 Å². The Morgan fingerprint density at radius 2 is 2.23 bits per heavy atom. The summed E-state index contributed by atoms with van der Waals surface area (Å²) >= 11 is 1.33. The molecule has 0 unspecified atom stereocenters. The molecule has 0 saturated carbocycles. The second-order valence-electron chi connectivity index (χ2n) is 5.32. The number of hydrogen-bond donors (Lipinski definition) is 2. The molecule has 0 radical (unpaired) electrons. The predicted molar refractivity (Wildman–Crippen MR) is 88.4 cm³/mol. The highest BCUT2D eigenvalue weighted by atomic mass is 32.2. The van der Waals surface area contributed by atoms with Crippen molar-refractivity contribution in [3.8, 4) is 0 Å². The van der Waals surface area contributed by atoms with Gasteiger partial charge in [-0.1, -0.05) is 11.8 Å². The third kappa shape index (κ3) is 3.59. The van der Waals surface area contributed by atoms with Gasteiger partial charge in [0.25, 0.3) is 0 Å². The fraction of sp³-hybridized carbons (Fsp3) is 0.400. The van der Waals surface area contributed by atoms with E-state index < -0.39 is 0 Å². The first-order valence-corrected chi connectivity index (χ1v) is 8.34. The minimum atomic E-state index is -0.0431. The van der Waals surface area contributed by atoms with E-state index in [0.29, 0.717) is 10.9 Å². The average molecular weight is 317 g/mol. The number of aryl methyl sites for hydroxylation is 1. The van der Waals surface area contributed by atoms with Crippen molar-refractivity contribution in [1.82, 2.24) is 15.2 Å². The number of aromatic amines is 1. The van der Waals surface area contributed by atoms with Crippen molar-refractivity contribution >= 4 is 29.0 Å². The van der Waals surface area contributed by atoms with Gasteiger partial charge < -0.3 is 10.2 Å². The molecule has 1 fully saturated rings. The van der Waals surface area contributed by atoms with Gasteiger partial charge in [-0.05, 0) is 43.5 Å². The highest BCUT2D eigenvalue weighted by Crippen LogP contribution is 2.25. The summed E-state index contributed by atoms with van der Waals surface area (Å²) < 4.78 is 0. The van der Waals surface area contributed by atoms with Gasteiger partial charge in [0.2, 0.25) is 5.91 Å². The zero-order chi connectivity index (χ0) is 15.4. The summed E-state index contributed by atoms with van der Waals surface area (Å²) in [6.07, 6.45) is 3.95. The highest BCUT2D eigenvalue weighted by Gasteiger charge is 2.13. The second-order valence-corrected chi connectivity index (χ2v) is 6.28. The van der Waals surface area contributed by atoms with E-state index in [1.807, 2.05) is 13.0 Å². The van der Waals surface area contributed by atoms with Crippen LogP contribution in [0.15, 0.2) is 29.7 Å². The SMILES string of the molecule is Cc1cc(N2CCCC2)ccc1NC(=O)CSc1ncn[nH]1. The number of carbonyl (C=O) groups excluding carboxylic acids is 1. The molecule has 0 spiro atoms. The van der Waals surface area contributed by atoms with Gasteiger partial charge in [-0.15, -0.1) is 0 Å². The minimum absolute atomic E-state index is 0.0431. The number of nitrogens with zero attached hydrogens (tertiary/aromatic N) is 3. The Bertz CT molecular complexity index is 637. The molecule has 2 heterocycles. The molecule has 1 aliphatic rings. The number of carbonyl (C=O) groups is 1. The van der Waals surface area contributed by atoms with Gasteiger partial charge in [0.05, 0.1) is 5.75 Å². The molecule has 1 aromatic carbocycles. The van der Waals surface area contributed by atoms with Crippen LogP contribution in [0.3, 0.4) is 0 Å². The number of benzene rings is 1. The van der Waals surface area contributed by atoms with Gasteiger partial charge in [-0.2, -0.15) is 5.10 Å². The van der Waals surface area contributed by atoms with Crippen LogP contribution in [-0.4, -0.2) is 39.9 Å². The number of hydrogen-bond acceptors (Lipinski definition) is 5. The van der Waals surface area contributed by atoms with Gasteiger partial charge in [0.1, 0.15) is 6.33 Å². The smallest absolute Gasteiger partial charge is 0.234 e. The first-order valence-electron chi connectivity index (χ1n) is 7.36. The standard InChI is InChI=1S/C15H19N5OS/c1-11-8-12(20-6-2-3-7-20)4-5-13(11)18-14(21)9-22-15-16-10-17-19-15/h4-5,8,10H,2-3,6-7,9H2,1H3,(H,18,21)(H,16,17,19). The van der Waals surface area contributed by atoms with Crippen LogP contribution in [0.5, 0.6) is 0 Å². The summed E-state index contributed by atoms with van der Waals surface area (Å²) in [4.78, 5) is 18.4. The van der Waals surface area contributed by atoms with Crippen LogP contribution in [0, 0.1) is 6.92 Å². The maximum Gasteiger partial charge on any atom is 0.234 e. The topological polar surface area (TPSA) is 73.9 Å². The average Bonchev–Trinajstić information content (AvgIpc) is 3.20. The van der Waals surface area contributed by atoms with Crippen molar-refractivity contribution in [2.75, 3.05) is 29.1 Å². The fourth-order valence-electron chi connectivity index (χ4n) is 2.54. The van der Waals surface area contributed by atoms with Crippen molar-refractivity contribution in [3.63, 3.8) is 0 Å². The van der Waals surface area contributed by atoms with Crippen LogP contribution in [0.2, 0.25) is 0 Å². The lowest BCUT2D eigenvalue weighted by Crippen LogP contribution is -2.18. The molecular weight excluding hydrogens is 298 g/mol. The zero-order valence-corrected chi connectivity index (χ0v) is 13.3. The molecule has 22 heavy (non-hydrogen) atoms. The molecule has 0 bridgehead atoms. The molecule has 116 valence electrons. The quantitative estimate of drug-likeness (QED) is 0.829. The summed E-state index contributed by atoms with van der Waals surface area (Å²) in [6, 6.07) is 6.21. The lowest BCUT2D eigenvalue weighted by Gasteiger charge is -2.19. The lowest BCUT2D eigenvalue weighted by atomic mass is 10.1. The van der Waals surface area contributed by atoms with Crippen LogP contribution >= 0.6 is 11.8 Å². The molecule has 6 nitrogen and oxygen atoms in total. The molecule has 0 aliphatic carbocycles. The fourth-order valence-corrected chi connectivity index (χ4v) is 3.12. The van der Waals surface area contributed by atoms with E-state index in [-0.39, 0.29) is 5.91 Å². The van der Waals surface area contributed by atoms with Crippen LogP contribution in [0.4, 0.5) is 11.4 Å². The van der Waals surface area contributed by atoms with Crippen molar-refractivity contribution in [1.29, 1.82) is 0 Å². The van der Waals surface area contributed by atoms with E-state index in [0.717, 1.165) is 24.3 Å². The zero-order valence-electron chi connectivity index (χ0n) is 12.5. The Kier molecular flexibility index (Phi) is 4.62. The van der Waals surface area contributed by atoms with Crippen molar-refractivity contribution in [2.45, 2.75) is 24.9 Å². The Hall–Kier alpha value is -2.02. The molecule has 0 atom stereocenters. The number of amides is 1. The summed E-state index contributed by atoms with van der Waals surface area (Å²) in [7, 11) is 0. The number of nitrogens with one attached hydrogen (secondary N) is 2. The van der Waals surface area contributed by atoms with Crippen molar-refractivity contribution in [3.05, 3.63) is 30.1 Å². The van der Waals surface area contributed by atoms with Gasteiger partial charge in [-0.3, -0.25) is 9.89 Å². The first kappa shape index (κ1) is 14.9. The molecule has 2 aromatic rings. The Balaban J connectivity index is 1.58. The lowest BCUT2D eigenvalue weighted by molar-refractivity contribution is -0.113. The number of aromatic nitrogens is 3. The molecular formula is C15H19N5OS. The maximum atomic E-state index is 12.0. The summed E-state index contributed by atoms with van der Waals surface area (Å²) in [6.45, 7) is 4.27.